The van der Waals surface area contributed by atoms with Gasteiger partial charge in [-0.25, -0.2) is 0 Å². The zero-order chi connectivity index (χ0) is 12.1. The number of benzene rings is 1. The highest BCUT2D eigenvalue weighted by atomic mass is 16.5. The maximum Gasteiger partial charge on any atom is 0.0670 e. The van der Waals surface area contributed by atoms with Gasteiger partial charge in [-0.15, -0.1) is 0 Å². The second-order valence-electron chi connectivity index (χ2n) is 4.62. The van der Waals surface area contributed by atoms with Crippen LogP contribution in [0.5, 0.6) is 0 Å². The van der Waals surface area contributed by atoms with Crippen LogP contribution in [0.15, 0.2) is 24.3 Å². The molecule has 2 rings (SSSR count). The summed E-state index contributed by atoms with van der Waals surface area (Å²) >= 11 is 0. The fourth-order valence-electron chi connectivity index (χ4n) is 2.46. The molecular formula is C14H22N2O. The molecule has 1 aliphatic rings. The molecule has 1 fully saturated rings. The summed E-state index contributed by atoms with van der Waals surface area (Å²) in [6.07, 6.45) is 3.48. The van der Waals surface area contributed by atoms with Crippen LogP contribution in [-0.2, 0) is 4.74 Å². The van der Waals surface area contributed by atoms with E-state index in [0.717, 1.165) is 44.0 Å². The number of nitrogen functional groups attached to an aromatic ring is 1. The van der Waals surface area contributed by atoms with Crippen molar-refractivity contribution in [3.8, 4) is 0 Å². The van der Waals surface area contributed by atoms with E-state index >= 15 is 0 Å². The molecule has 0 radical (unpaired) electrons. The van der Waals surface area contributed by atoms with Gasteiger partial charge in [0, 0.05) is 13.2 Å². The minimum absolute atomic E-state index is 0.480. The van der Waals surface area contributed by atoms with E-state index in [1.165, 1.54) is 6.42 Å². The molecule has 0 saturated carbocycles. The molecule has 0 amide bonds. The maximum absolute atomic E-state index is 6.08. The molecule has 1 unspecified atom stereocenters. The third-order valence-electron chi connectivity index (χ3n) is 3.29. The van der Waals surface area contributed by atoms with E-state index in [-0.39, 0.29) is 0 Å². The summed E-state index contributed by atoms with van der Waals surface area (Å²) in [5.74, 6) is 0. The van der Waals surface area contributed by atoms with Gasteiger partial charge in [0.15, 0.2) is 0 Å². The zero-order valence-corrected chi connectivity index (χ0v) is 10.6. The standard InChI is InChI=1S/C14H22N2O/c1-2-9-16(12-6-5-10-17-11-12)14-8-4-3-7-13(14)15/h3-4,7-8,12H,2,5-6,9-11,15H2,1H3. The van der Waals surface area contributed by atoms with Gasteiger partial charge < -0.3 is 15.4 Å². The molecule has 0 aliphatic carbocycles. The SMILES string of the molecule is CCCN(c1ccccc1N)C1CCCOC1. The van der Waals surface area contributed by atoms with Gasteiger partial charge in [-0.3, -0.25) is 0 Å². The molecule has 2 N–H and O–H groups in total. The number of para-hydroxylation sites is 2. The van der Waals surface area contributed by atoms with E-state index in [9.17, 15) is 0 Å². The van der Waals surface area contributed by atoms with Crippen LogP contribution in [0.2, 0.25) is 0 Å². The van der Waals surface area contributed by atoms with Crippen LogP contribution in [0.4, 0.5) is 11.4 Å². The lowest BCUT2D eigenvalue weighted by atomic mass is 10.1. The normalized spacial score (nSPS) is 20.2. The summed E-state index contributed by atoms with van der Waals surface area (Å²) in [7, 11) is 0. The van der Waals surface area contributed by atoms with Crippen molar-refractivity contribution in [1.29, 1.82) is 0 Å². The van der Waals surface area contributed by atoms with E-state index in [0.29, 0.717) is 6.04 Å². The van der Waals surface area contributed by atoms with Gasteiger partial charge in [0.2, 0.25) is 0 Å². The van der Waals surface area contributed by atoms with E-state index in [1.807, 2.05) is 12.1 Å². The lowest BCUT2D eigenvalue weighted by Crippen LogP contribution is -2.42. The molecule has 1 heterocycles. The molecule has 94 valence electrons. The Morgan fingerprint density at radius 3 is 2.88 bits per heavy atom. The van der Waals surface area contributed by atoms with Crippen LogP contribution in [0.25, 0.3) is 0 Å². The summed E-state index contributed by atoms with van der Waals surface area (Å²) < 4.78 is 5.59. The summed E-state index contributed by atoms with van der Waals surface area (Å²) in [6.45, 7) is 4.98. The Morgan fingerprint density at radius 2 is 2.24 bits per heavy atom. The van der Waals surface area contributed by atoms with Gasteiger partial charge in [0.25, 0.3) is 0 Å². The quantitative estimate of drug-likeness (QED) is 0.814. The Morgan fingerprint density at radius 1 is 1.41 bits per heavy atom. The lowest BCUT2D eigenvalue weighted by molar-refractivity contribution is 0.0792. The van der Waals surface area contributed by atoms with Gasteiger partial charge in [-0.05, 0) is 31.4 Å². The first-order valence-electron chi connectivity index (χ1n) is 6.52. The van der Waals surface area contributed by atoms with Crippen molar-refractivity contribution >= 4 is 11.4 Å². The molecule has 0 bridgehead atoms. The summed E-state index contributed by atoms with van der Waals surface area (Å²) in [5, 5.41) is 0. The molecule has 17 heavy (non-hydrogen) atoms. The topological polar surface area (TPSA) is 38.5 Å². The number of nitrogens with two attached hydrogens (primary N) is 1. The molecule has 1 aliphatic heterocycles. The highest BCUT2D eigenvalue weighted by Crippen LogP contribution is 2.27. The van der Waals surface area contributed by atoms with Crippen LogP contribution in [0, 0.1) is 0 Å². The molecule has 1 aromatic carbocycles. The molecule has 0 spiro atoms. The highest BCUT2D eigenvalue weighted by molar-refractivity contribution is 5.67. The summed E-state index contributed by atoms with van der Waals surface area (Å²) in [4.78, 5) is 2.41. The van der Waals surface area contributed by atoms with E-state index < -0.39 is 0 Å². The Balaban J connectivity index is 2.18. The minimum Gasteiger partial charge on any atom is -0.397 e. The highest BCUT2D eigenvalue weighted by Gasteiger charge is 2.22. The summed E-state index contributed by atoms with van der Waals surface area (Å²) in [5.41, 5.74) is 8.10. The lowest BCUT2D eigenvalue weighted by Gasteiger charge is -2.36. The molecule has 1 atom stereocenters. The van der Waals surface area contributed by atoms with Crippen molar-refractivity contribution in [3.05, 3.63) is 24.3 Å². The number of ether oxygens (including phenoxy) is 1. The van der Waals surface area contributed by atoms with Crippen LogP contribution < -0.4 is 10.6 Å². The van der Waals surface area contributed by atoms with Crippen LogP contribution >= 0.6 is 0 Å². The third-order valence-corrected chi connectivity index (χ3v) is 3.29. The van der Waals surface area contributed by atoms with E-state index in [2.05, 4.69) is 24.0 Å². The van der Waals surface area contributed by atoms with Gasteiger partial charge in [0.05, 0.1) is 24.0 Å². The predicted octanol–water partition coefficient (Wildman–Crippen LogP) is 2.66. The van der Waals surface area contributed by atoms with Crippen molar-refractivity contribution in [2.24, 2.45) is 0 Å². The molecule has 3 nitrogen and oxygen atoms in total. The number of hydrogen-bond donors (Lipinski definition) is 1. The minimum atomic E-state index is 0.480. The first-order chi connectivity index (χ1) is 8.33. The Bertz CT molecular complexity index is 348. The average Bonchev–Trinajstić information content (AvgIpc) is 2.38. The largest absolute Gasteiger partial charge is 0.397 e. The van der Waals surface area contributed by atoms with Crippen LogP contribution in [-0.4, -0.2) is 25.8 Å². The number of nitrogens with zero attached hydrogens (tertiary/aromatic N) is 1. The Labute approximate surface area is 104 Å². The van der Waals surface area contributed by atoms with Crippen molar-refractivity contribution < 1.29 is 4.74 Å². The van der Waals surface area contributed by atoms with Gasteiger partial charge >= 0.3 is 0 Å². The van der Waals surface area contributed by atoms with Crippen molar-refractivity contribution in [2.75, 3.05) is 30.4 Å². The Hall–Kier alpha value is -1.22. The van der Waals surface area contributed by atoms with Crippen molar-refractivity contribution in [1.82, 2.24) is 0 Å². The molecule has 3 heteroatoms. The summed E-state index contributed by atoms with van der Waals surface area (Å²) in [6, 6.07) is 8.60. The number of rotatable bonds is 4. The van der Waals surface area contributed by atoms with Gasteiger partial charge in [0.1, 0.15) is 0 Å². The second-order valence-corrected chi connectivity index (χ2v) is 4.62. The average molecular weight is 234 g/mol. The molecular weight excluding hydrogens is 212 g/mol. The third kappa shape index (κ3) is 2.91. The molecule has 1 saturated heterocycles. The van der Waals surface area contributed by atoms with E-state index in [4.69, 9.17) is 10.5 Å². The number of anilines is 2. The zero-order valence-electron chi connectivity index (χ0n) is 10.6. The fraction of sp³-hybridized carbons (Fsp3) is 0.571. The smallest absolute Gasteiger partial charge is 0.0670 e. The molecule has 1 aromatic rings. The fourth-order valence-corrected chi connectivity index (χ4v) is 2.46. The van der Waals surface area contributed by atoms with Crippen LogP contribution in [0.1, 0.15) is 26.2 Å². The first-order valence-corrected chi connectivity index (χ1v) is 6.52. The van der Waals surface area contributed by atoms with Crippen molar-refractivity contribution in [3.63, 3.8) is 0 Å². The molecule has 0 aromatic heterocycles. The van der Waals surface area contributed by atoms with Gasteiger partial charge in [-0.2, -0.15) is 0 Å². The van der Waals surface area contributed by atoms with E-state index in [1.54, 1.807) is 0 Å². The van der Waals surface area contributed by atoms with Gasteiger partial charge in [-0.1, -0.05) is 19.1 Å². The maximum atomic E-state index is 6.08. The second kappa shape index (κ2) is 5.92. The Kier molecular flexibility index (Phi) is 4.26. The van der Waals surface area contributed by atoms with Crippen LogP contribution in [0.3, 0.4) is 0 Å². The predicted molar refractivity (Wildman–Crippen MR) is 72.3 cm³/mol. The first kappa shape index (κ1) is 12.2. The van der Waals surface area contributed by atoms with Crippen molar-refractivity contribution in [2.45, 2.75) is 32.2 Å². The monoisotopic (exact) mass is 234 g/mol. The number of hydrogen-bond acceptors (Lipinski definition) is 3.